The van der Waals surface area contributed by atoms with E-state index in [2.05, 4.69) is 17.4 Å². The molecule has 0 spiro atoms. The van der Waals surface area contributed by atoms with Crippen LogP contribution < -0.4 is 10.9 Å². The summed E-state index contributed by atoms with van der Waals surface area (Å²) < 4.78 is 95.6. The van der Waals surface area contributed by atoms with Crippen molar-refractivity contribution in [2.24, 2.45) is 0 Å². The Morgan fingerprint density at radius 1 is 0.974 bits per heavy atom. The minimum atomic E-state index is -4.92. The number of hydrogen-bond acceptors (Lipinski definition) is 2. The average molecular weight is 569 g/mol. The summed E-state index contributed by atoms with van der Waals surface area (Å²) in [7, 11) is 0. The van der Waals surface area contributed by atoms with E-state index in [1.807, 2.05) is 0 Å². The average Bonchev–Trinajstić information content (AvgIpc) is 2.86. The lowest BCUT2D eigenvalue weighted by molar-refractivity contribution is -0.0884. The maximum atomic E-state index is 13.9. The van der Waals surface area contributed by atoms with Crippen molar-refractivity contribution < 1.29 is 30.7 Å². The molecule has 39 heavy (non-hydrogen) atoms. The van der Waals surface area contributed by atoms with Gasteiger partial charge in [0.05, 0.1) is 22.5 Å². The standard InChI is InChI=1S/C29H24ClF7N2/c1-18(13-22(14-19(2)31)29(35,36)37)28(17-20-7-4-3-5-8-20,21-9-6-10-23(30)15-21)39-38-24-11-12-26(32)25(16-24)27(33)34/h3-16,27,38-39H,1,17H2,2H3/b19-14+,22-13+. The highest BCUT2D eigenvalue weighted by atomic mass is 35.5. The number of halogens is 8. The molecule has 0 aliphatic heterocycles. The molecule has 3 aromatic carbocycles. The van der Waals surface area contributed by atoms with Crippen molar-refractivity contribution >= 4 is 17.3 Å². The SMILES string of the molecule is C=C(/C=C(\C=C(/C)F)C(F)(F)F)C(Cc1ccccc1)(NNc1ccc(F)c(C(F)F)c1)c1cccc(Cl)c1. The number of benzene rings is 3. The number of hydrogen-bond donors (Lipinski definition) is 2. The van der Waals surface area contributed by atoms with E-state index < -0.39 is 40.9 Å². The van der Waals surface area contributed by atoms with Crippen LogP contribution in [0.1, 0.15) is 30.0 Å². The molecule has 0 fully saturated rings. The number of allylic oxidation sites excluding steroid dienone is 3. The third kappa shape index (κ3) is 7.74. The summed E-state index contributed by atoms with van der Waals surface area (Å²) in [6.07, 6.45) is -6.96. The van der Waals surface area contributed by atoms with Gasteiger partial charge < -0.3 is 5.43 Å². The quantitative estimate of drug-likeness (QED) is 0.145. The van der Waals surface area contributed by atoms with E-state index >= 15 is 0 Å². The zero-order valence-electron chi connectivity index (χ0n) is 20.6. The molecule has 2 nitrogen and oxygen atoms in total. The lowest BCUT2D eigenvalue weighted by atomic mass is 9.78. The number of anilines is 1. The Kier molecular flexibility index (Phi) is 9.63. The Balaban J connectivity index is 2.22. The van der Waals surface area contributed by atoms with Crippen LogP contribution in [0.25, 0.3) is 0 Å². The molecule has 0 aliphatic carbocycles. The van der Waals surface area contributed by atoms with Gasteiger partial charge in [0.15, 0.2) is 0 Å². The molecule has 0 saturated carbocycles. The zero-order valence-corrected chi connectivity index (χ0v) is 21.4. The third-order valence-electron chi connectivity index (χ3n) is 5.84. The van der Waals surface area contributed by atoms with Gasteiger partial charge in [0, 0.05) is 17.1 Å². The van der Waals surface area contributed by atoms with Gasteiger partial charge in [-0.15, -0.1) is 0 Å². The third-order valence-corrected chi connectivity index (χ3v) is 6.08. The monoisotopic (exact) mass is 568 g/mol. The molecule has 0 heterocycles. The van der Waals surface area contributed by atoms with Crippen LogP contribution in [-0.2, 0) is 12.0 Å². The fourth-order valence-electron chi connectivity index (χ4n) is 3.95. The first-order valence-corrected chi connectivity index (χ1v) is 11.9. The molecular weight excluding hydrogens is 545 g/mol. The minimum absolute atomic E-state index is 0.00285. The van der Waals surface area contributed by atoms with Crippen LogP contribution in [0, 0.1) is 5.82 Å². The molecule has 3 rings (SSSR count). The van der Waals surface area contributed by atoms with E-state index in [1.54, 1.807) is 48.5 Å². The van der Waals surface area contributed by atoms with Gasteiger partial charge >= 0.3 is 6.18 Å². The Morgan fingerprint density at radius 2 is 1.67 bits per heavy atom. The molecule has 0 radical (unpaired) electrons. The summed E-state index contributed by atoms with van der Waals surface area (Å²) in [6.45, 7) is 4.79. The maximum Gasteiger partial charge on any atom is 0.416 e. The molecule has 10 heteroatoms. The Hall–Kier alpha value is -3.56. The first-order valence-electron chi connectivity index (χ1n) is 11.5. The van der Waals surface area contributed by atoms with Crippen LogP contribution in [-0.4, -0.2) is 6.18 Å². The van der Waals surface area contributed by atoms with Crippen molar-refractivity contribution in [3.05, 3.63) is 136 Å². The first kappa shape index (κ1) is 30.0. The molecule has 0 aliphatic rings. The van der Waals surface area contributed by atoms with E-state index in [0.29, 0.717) is 23.3 Å². The summed E-state index contributed by atoms with van der Waals surface area (Å²) >= 11 is 6.24. The van der Waals surface area contributed by atoms with Crippen LogP contribution in [0.2, 0.25) is 5.02 Å². The summed E-state index contributed by atoms with van der Waals surface area (Å²) in [5, 5.41) is 0.265. The highest BCUT2D eigenvalue weighted by Gasteiger charge is 2.38. The molecule has 0 amide bonds. The molecule has 3 aromatic rings. The van der Waals surface area contributed by atoms with Crippen molar-refractivity contribution in [3.8, 4) is 0 Å². The molecule has 1 atom stereocenters. The van der Waals surface area contributed by atoms with Crippen molar-refractivity contribution in [2.75, 3.05) is 5.43 Å². The molecular formula is C29H24ClF7N2. The molecule has 206 valence electrons. The predicted molar refractivity (Wildman–Crippen MR) is 140 cm³/mol. The lowest BCUT2D eigenvalue weighted by Crippen LogP contribution is -2.48. The van der Waals surface area contributed by atoms with E-state index in [9.17, 15) is 30.7 Å². The molecule has 0 bridgehead atoms. The molecule has 1 unspecified atom stereocenters. The van der Waals surface area contributed by atoms with E-state index in [0.717, 1.165) is 19.1 Å². The minimum Gasteiger partial charge on any atom is -0.320 e. The summed E-state index contributed by atoms with van der Waals surface area (Å²) in [6, 6.07) is 17.9. The predicted octanol–water partition coefficient (Wildman–Crippen LogP) is 9.39. The number of nitrogens with one attached hydrogen (secondary N) is 2. The van der Waals surface area contributed by atoms with Crippen molar-refractivity contribution in [1.29, 1.82) is 0 Å². The number of alkyl halides is 5. The van der Waals surface area contributed by atoms with E-state index in [-0.39, 0.29) is 22.7 Å². The fraction of sp³-hybridized carbons (Fsp3) is 0.172. The van der Waals surface area contributed by atoms with Crippen LogP contribution in [0.15, 0.2) is 109 Å². The highest BCUT2D eigenvalue weighted by molar-refractivity contribution is 6.30. The highest BCUT2D eigenvalue weighted by Crippen LogP contribution is 2.38. The van der Waals surface area contributed by atoms with Gasteiger partial charge in [-0.1, -0.05) is 60.6 Å². The van der Waals surface area contributed by atoms with Crippen molar-refractivity contribution in [2.45, 2.75) is 31.5 Å². The smallest absolute Gasteiger partial charge is 0.320 e. The normalized spacial score (nSPS) is 14.3. The fourth-order valence-corrected chi connectivity index (χ4v) is 4.14. The van der Waals surface area contributed by atoms with Crippen LogP contribution >= 0.6 is 11.6 Å². The summed E-state index contributed by atoms with van der Waals surface area (Å²) in [5.41, 5.74) is 2.82. The Bertz CT molecular complexity index is 1360. The van der Waals surface area contributed by atoms with Gasteiger partial charge in [0.1, 0.15) is 5.82 Å². The van der Waals surface area contributed by atoms with Gasteiger partial charge in [-0.25, -0.2) is 23.0 Å². The number of rotatable bonds is 10. The summed E-state index contributed by atoms with van der Waals surface area (Å²) in [4.78, 5) is 0. The van der Waals surface area contributed by atoms with Crippen molar-refractivity contribution in [3.63, 3.8) is 0 Å². The van der Waals surface area contributed by atoms with Crippen LogP contribution in [0.5, 0.6) is 0 Å². The van der Waals surface area contributed by atoms with Gasteiger partial charge in [-0.3, -0.25) is 0 Å². The molecule has 0 saturated heterocycles. The van der Waals surface area contributed by atoms with Crippen molar-refractivity contribution in [1.82, 2.24) is 5.43 Å². The topological polar surface area (TPSA) is 24.1 Å². The Labute approximate surface area is 226 Å². The largest absolute Gasteiger partial charge is 0.416 e. The molecule has 0 aromatic heterocycles. The Morgan fingerprint density at radius 3 is 2.26 bits per heavy atom. The van der Waals surface area contributed by atoms with Gasteiger partial charge in [0.2, 0.25) is 0 Å². The zero-order chi connectivity index (χ0) is 28.8. The van der Waals surface area contributed by atoms with Crippen LogP contribution in [0.4, 0.5) is 36.4 Å². The molecule has 2 N–H and O–H groups in total. The van der Waals surface area contributed by atoms with Gasteiger partial charge in [-0.05, 0) is 66.1 Å². The second kappa shape index (κ2) is 12.5. The summed E-state index contributed by atoms with van der Waals surface area (Å²) in [5.74, 6) is -2.18. The second-order valence-electron chi connectivity index (χ2n) is 8.72. The van der Waals surface area contributed by atoms with Gasteiger partial charge in [-0.2, -0.15) is 13.2 Å². The van der Waals surface area contributed by atoms with Gasteiger partial charge in [0.25, 0.3) is 6.43 Å². The van der Waals surface area contributed by atoms with Crippen LogP contribution in [0.3, 0.4) is 0 Å². The second-order valence-corrected chi connectivity index (χ2v) is 9.16. The lowest BCUT2D eigenvalue weighted by Gasteiger charge is -2.38. The maximum absolute atomic E-state index is 13.9. The number of hydrazine groups is 1. The van der Waals surface area contributed by atoms with E-state index in [4.69, 9.17) is 11.6 Å². The van der Waals surface area contributed by atoms with E-state index in [1.165, 1.54) is 12.1 Å². The first-order chi connectivity index (χ1) is 18.3.